The molecule has 21 heavy (non-hydrogen) atoms. The summed E-state index contributed by atoms with van der Waals surface area (Å²) < 4.78 is 23.8. The van der Waals surface area contributed by atoms with Gasteiger partial charge in [-0.2, -0.15) is 0 Å². The Morgan fingerprint density at radius 2 is 2.05 bits per heavy atom. The number of carbonyl (C=O) groups excluding carboxylic acids is 1. The fourth-order valence-electron chi connectivity index (χ4n) is 1.74. The first-order chi connectivity index (χ1) is 10.0. The zero-order chi connectivity index (χ0) is 15.4. The molecule has 2 aromatic carbocycles. The molecule has 0 amide bonds. The molecule has 0 saturated carbocycles. The van der Waals surface area contributed by atoms with E-state index >= 15 is 0 Å². The number of carbonyl (C=O) groups is 1. The Labute approximate surface area is 126 Å². The maximum absolute atomic E-state index is 13.8. The highest BCUT2D eigenvalue weighted by Gasteiger charge is 2.15. The van der Waals surface area contributed by atoms with E-state index in [0.29, 0.717) is 10.6 Å². The minimum absolute atomic E-state index is 0.00977. The van der Waals surface area contributed by atoms with Crippen LogP contribution >= 0.6 is 11.6 Å². The molecular formula is C15H13ClFNO3. The molecule has 0 aromatic heterocycles. The average Bonchev–Trinajstić information content (AvgIpc) is 2.47. The number of nitrogen functional groups attached to an aromatic ring is 1. The zero-order valence-electron chi connectivity index (χ0n) is 11.2. The molecule has 2 rings (SSSR count). The van der Waals surface area contributed by atoms with Crippen LogP contribution in [-0.4, -0.2) is 13.1 Å². The van der Waals surface area contributed by atoms with Crippen molar-refractivity contribution in [3.05, 3.63) is 58.4 Å². The van der Waals surface area contributed by atoms with Crippen LogP contribution in [-0.2, 0) is 11.3 Å². The quantitative estimate of drug-likeness (QED) is 0.694. The van der Waals surface area contributed by atoms with E-state index in [1.54, 1.807) is 24.3 Å². The molecule has 0 aliphatic heterocycles. The molecule has 0 spiro atoms. The number of esters is 1. The van der Waals surface area contributed by atoms with Gasteiger partial charge < -0.3 is 15.2 Å². The van der Waals surface area contributed by atoms with Crippen LogP contribution in [0.2, 0.25) is 5.02 Å². The fraction of sp³-hybridized carbons (Fsp3) is 0.133. The van der Waals surface area contributed by atoms with Crippen molar-refractivity contribution in [2.75, 3.05) is 12.8 Å². The lowest BCUT2D eigenvalue weighted by Gasteiger charge is -2.11. The first kappa shape index (κ1) is 15.1. The van der Waals surface area contributed by atoms with Gasteiger partial charge in [-0.05, 0) is 12.1 Å². The minimum Gasteiger partial charge on any atom is -0.486 e. The topological polar surface area (TPSA) is 61.5 Å². The lowest BCUT2D eigenvalue weighted by molar-refractivity contribution is 0.0601. The first-order valence-corrected chi connectivity index (χ1v) is 6.44. The van der Waals surface area contributed by atoms with Gasteiger partial charge in [0.1, 0.15) is 6.61 Å². The standard InChI is InChI=1S/C15H13ClFNO3/c1-20-15(19)10-6-14(12(17)7-13(10)18)21-8-9-4-2-3-5-11(9)16/h2-7H,8,18H2,1H3. The summed E-state index contributed by atoms with van der Waals surface area (Å²) in [6, 6.07) is 9.29. The third-order valence-electron chi connectivity index (χ3n) is 2.85. The van der Waals surface area contributed by atoms with E-state index in [4.69, 9.17) is 22.1 Å². The SMILES string of the molecule is COC(=O)c1cc(OCc2ccccc2Cl)c(F)cc1N. The van der Waals surface area contributed by atoms with Gasteiger partial charge >= 0.3 is 5.97 Å². The zero-order valence-corrected chi connectivity index (χ0v) is 12.0. The van der Waals surface area contributed by atoms with Crippen LogP contribution in [0.25, 0.3) is 0 Å². The summed E-state index contributed by atoms with van der Waals surface area (Å²) in [4.78, 5) is 11.5. The van der Waals surface area contributed by atoms with Gasteiger partial charge in [-0.3, -0.25) is 0 Å². The summed E-state index contributed by atoms with van der Waals surface area (Å²) >= 11 is 5.99. The number of benzene rings is 2. The second kappa shape index (κ2) is 6.45. The molecule has 0 saturated heterocycles. The van der Waals surface area contributed by atoms with Crippen molar-refractivity contribution in [2.45, 2.75) is 6.61 Å². The van der Waals surface area contributed by atoms with E-state index in [2.05, 4.69) is 4.74 Å². The smallest absolute Gasteiger partial charge is 0.340 e. The van der Waals surface area contributed by atoms with Crippen LogP contribution in [0.4, 0.5) is 10.1 Å². The number of anilines is 1. The van der Waals surface area contributed by atoms with Crippen molar-refractivity contribution in [1.29, 1.82) is 0 Å². The Kier molecular flexibility index (Phi) is 4.65. The molecule has 2 aromatic rings. The lowest BCUT2D eigenvalue weighted by Crippen LogP contribution is -2.08. The number of nitrogens with two attached hydrogens (primary N) is 1. The molecule has 0 aliphatic carbocycles. The largest absolute Gasteiger partial charge is 0.486 e. The molecule has 0 aliphatic rings. The van der Waals surface area contributed by atoms with Crippen molar-refractivity contribution in [2.24, 2.45) is 0 Å². The van der Waals surface area contributed by atoms with E-state index in [1.807, 2.05) is 0 Å². The molecule has 6 heteroatoms. The van der Waals surface area contributed by atoms with Crippen LogP contribution in [0.1, 0.15) is 15.9 Å². The highest BCUT2D eigenvalue weighted by Crippen LogP contribution is 2.26. The van der Waals surface area contributed by atoms with E-state index in [-0.39, 0.29) is 23.6 Å². The highest BCUT2D eigenvalue weighted by molar-refractivity contribution is 6.31. The Bertz CT molecular complexity index is 676. The Morgan fingerprint density at radius 1 is 1.33 bits per heavy atom. The Hall–Kier alpha value is -2.27. The van der Waals surface area contributed by atoms with Gasteiger partial charge in [0.15, 0.2) is 11.6 Å². The number of hydrogen-bond acceptors (Lipinski definition) is 4. The van der Waals surface area contributed by atoms with Gasteiger partial charge in [-0.1, -0.05) is 29.8 Å². The van der Waals surface area contributed by atoms with Crippen molar-refractivity contribution in [3.63, 3.8) is 0 Å². The second-order valence-corrected chi connectivity index (χ2v) is 4.65. The number of methoxy groups -OCH3 is 1. The maximum atomic E-state index is 13.8. The number of halogens is 2. The second-order valence-electron chi connectivity index (χ2n) is 4.24. The minimum atomic E-state index is -0.660. The van der Waals surface area contributed by atoms with E-state index < -0.39 is 11.8 Å². The van der Waals surface area contributed by atoms with Gasteiger partial charge in [0, 0.05) is 22.3 Å². The van der Waals surface area contributed by atoms with Crippen molar-refractivity contribution >= 4 is 23.3 Å². The van der Waals surface area contributed by atoms with Crippen LogP contribution in [0.15, 0.2) is 36.4 Å². The normalized spacial score (nSPS) is 10.2. The Morgan fingerprint density at radius 3 is 2.71 bits per heavy atom. The Balaban J connectivity index is 2.24. The average molecular weight is 310 g/mol. The van der Waals surface area contributed by atoms with Crippen molar-refractivity contribution in [1.82, 2.24) is 0 Å². The van der Waals surface area contributed by atoms with Gasteiger partial charge in [-0.25, -0.2) is 9.18 Å². The molecule has 0 unspecified atom stereocenters. The molecule has 0 bridgehead atoms. The number of rotatable bonds is 4. The summed E-state index contributed by atoms with van der Waals surface area (Å²) in [6.45, 7) is 0.0706. The van der Waals surface area contributed by atoms with E-state index in [0.717, 1.165) is 6.07 Å². The summed E-state index contributed by atoms with van der Waals surface area (Å²) in [6.07, 6.45) is 0. The van der Waals surface area contributed by atoms with Crippen molar-refractivity contribution < 1.29 is 18.7 Å². The van der Waals surface area contributed by atoms with Crippen LogP contribution in [0.5, 0.6) is 5.75 Å². The maximum Gasteiger partial charge on any atom is 0.340 e. The monoisotopic (exact) mass is 309 g/mol. The molecule has 0 radical (unpaired) electrons. The molecule has 0 fully saturated rings. The third-order valence-corrected chi connectivity index (χ3v) is 3.22. The van der Waals surface area contributed by atoms with Crippen LogP contribution in [0.3, 0.4) is 0 Å². The molecule has 4 nitrogen and oxygen atoms in total. The van der Waals surface area contributed by atoms with Crippen LogP contribution < -0.4 is 10.5 Å². The van der Waals surface area contributed by atoms with E-state index in [9.17, 15) is 9.18 Å². The molecule has 0 heterocycles. The molecule has 2 N–H and O–H groups in total. The number of ether oxygens (including phenoxy) is 2. The number of hydrogen-bond donors (Lipinski definition) is 1. The third kappa shape index (κ3) is 3.44. The summed E-state index contributed by atoms with van der Waals surface area (Å²) in [5.41, 5.74) is 6.32. The van der Waals surface area contributed by atoms with E-state index in [1.165, 1.54) is 13.2 Å². The fourth-order valence-corrected chi connectivity index (χ4v) is 1.93. The summed E-state index contributed by atoms with van der Waals surface area (Å²) in [5.74, 6) is -1.41. The first-order valence-electron chi connectivity index (χ1n) is 6.06. The predicted octanol–water partition coefficient (Wildman–Crippen LogP) is 3.43. The van der Waals surface area contributed by atoms with Gasteiger partial charge in [0.25, 0.3) is 0 Å². The van der Waals surface area contributed by atoms with Crippen molar-refractivity contribution in [3.8, 4) is 5.75 Å². The van der Waals surface area contributed by atoms with Gasteiger partial charge in [0.2, 0.25) is 0 Å². The molecule has 0 atom stereocenters. The lowest BCUT2D eigenvalue weighted by atomic mass is 10.1. The predicted molar refractivity (Wildman–Crippen MR) is 77.9 cm³/mol. The molecule has 110 valence electrons. The summed E-state index contributed by atoms with van der Waals surface area (Å²) in [7, 11) is 1.22. The molecular weight excluding hydrogens is 297 g/mol. The summed E-state index contributed by atoms with van der Waals surface area (Å²) in [5, 5.41) is 0.515. The van der Waals surface area contributed by atoms with Crippen LogP contribution in [0, 0.1) is 5.82 Å². The van der Waals surface area contributed by atoms with Gasteiger partial charge in [-0.15, -0.1) is 0 Å². The highest BCUT2D eigenvalue weighted by atomic mass is 35.5. The van der Waals surface area contributed by atoms with Gasteiger partial charge in [0.05, 0.1) is 12.7 Å².